The van der Waals surface area contributed by atoms with Crippen molar-refractivity contribution in [2.24, 2.45) is 5.92 Å². The number of rotatable bonds is 5. The zero-order valence-corrected chi connectivity index (χ0v) is 14.7. The molecule has 8 heteroatoms. The second-order valence-electron chi connectivity index (χ2n) is 6.71. The van der Waals surface area contributed by atoms with E-state index in [1.54, 1.807) is 4.68 Å². The van der Waals surface area contributed by atoms with Crippen molar-refractivity contribution in [3.63, 3.8) is 0 Å². The minimum atomic E-state index is -1.06. The zero-order chi connectivity index (χ0) is 17.3. The number of carboxylic acids is 1. The predicted octanol–water partition coefficient (Wildman–Crippen LogP) is 3.68. The van der Waals surface area contributed by atoms with Gasteiger partial charge in [-0.1, -0.05) is 44.4 Å². The molecule has 1 aliphatic carbocycles. The second-order valence-corrected chi connectivity index (χ2v) is 7.71. The third kappa shape index (κ3) is 3.43. The quantitative estimate of drug-likeness (QED) is 0.857. The third-order valence-electron chi connectivity index (χ3n) is 4.21. The molecule has 0 spiro atoms. The first-order valence-electron chi connectivity index (χ1n) is 8.38. The van der Waals surface area contributed by atoms with E-state index in [1.165, 1.54) is 17.8 Å². The van der Waals surface area contributed by atoms with Gasteiger partial charge in [0, 0.05) is 6.42 Å². The van der Waals surface area contributed by atoms with Gasteiger partial charge in [0.2, 0.25) is 5.91 Å². The van der Waals surface area contributed by atoms with Crippen molar-refractivity contribution in [2.75, 3.05) is 5.32 Å². The van der Waals surface area contributed by atoms with E-state index < -0.39 is 5.97 Å². The molecular weight excluding hydrogens is 328 g/mol. The second kappa shape index (κ2) is 6.88. The number of anilines is 1. The predicted molar refractivity (Wildman–Crippen MR) is 92.6 cm³/mol. The molecular formula is C16H22N4O3S. The fourth-order valence-electron chi connectivity index (χ4n) is 3.14. The molecule has 2 heterocycles. The normalized spacial score (nSPS) is 16.0. The summed E-state index contributed by atoms with van der Waals surface area (Å²) in [6, 6.07) is 0.190. The van der Waals surface area contributed by atoms with Crippen LogP contribution in [0.4, 0.5) is 5.13 Å². The smallest absolute Gasteiger partial charge is 0.357 e. The lowest BCUT2D eigenvalue weighted by Gasteiger charge is -2.21. The number of hydrogen-bond acceptors (Lipinski definition) is 5. The number of thiazole rings is 1. The standard InChI is InChI=1S/C16H22N4O3S/c1-9(2)8-11(21)17-16-18-14-13(24-16)12(15(22)23)19-20(14)10-6-4-3-5-7-10/h9-10H,3-8H2,1-2H3,(H,22,23)(H,17,18,21). The SMILES string of the molecule is CC(C)CC(=O)Nc1nc2c(s1)c(C(=O)O)nn2C1CCCCC1. The number of carbonyl (C=O) groups excluding carboxylic acids is 1. The van der Waals surface area contributed by atoms with E-state index in [4.69, 9.17) is 0 Å². The number of aromatic nitrogens is 3. The largest absolute Gasteiger partial charge is 0.476 e. The van der Waals surface area contributed by atoms with E-state index in [0.717, 1.165) is 25.7 Å². The average Bonchev–Trinajstić information content (AvgIpc) is 3.05. The van der Waals surface area contributed by atoms with Gasteiger partial charge < -0.3 is 10.4 Å². The molecule has 0 atom stereocenters. The summed E-state index contributed by atoms with van der Waals surface area (Å²) in [5.41, 5.74) is 0.599. The summed E-state index contributed by atoms with van der Waals surface area (Å²) in [6.45, 7) is 3.95. The Bertz CT molecular complexity index is 759. The van der Waals surface area contributed by atoms with Crippen molar-refractivity contribution in [3.8, 4) is 0 Å². The van der Waals surface area contributed by atoms with Crippen LogP contribution in [0.15, 0.2) is 0 Å². The highest BCUT2D eigenvalue weighted by Gasteiger charge is 2.26. The molecule has 2 aromatic heterocycles. The molecule has 0 aliphatic heterocycles. The average molecular weight is 350 g/mol. The van der Waals surface area contributed by atoms with Gasteiger partial charge in [0.25, 0.3) is 0 Å². The molecule has 24 heavy (non-hydrogen) atoms. The lowest BCUT2D eigenvalue weighted by molar-refractivity contribution is -0.116. The van der Waals surface area contributed by atoms with Gasteiger partial charge in [0.15, 0.2) is 16.5 Å². The maximum absolute atomic E-state index is 11.9. The molecule has 0 radical (unpaired) electrons. The fraction of sp³-hybridized carbons (Fsp3) is 0.625. The third-order valence-corrected chi connectivity index (χ3v) is 5.18. The molecule has 7 nitrogen and oxygen atoms in total. The van der Waals surface area contributed by atoms with E-state index in [0.29, 0.717) is 21.9 Å². The van der Waals surface area contributed by atoms with Crippen molar-refractivity contribution in [1.82, 2.24) is 14.8 Å². The first-order valence-corrected chi connectivity index (χ1v) is 9.19. The van der Waals surface area contributed by atoms with Crippen molar-refractivity contribution in [1.29, 1.82) is 0 Å². The van der Waals surface area contributed by atoms with Crippen LogP contribution in [0.2, 0.25) is 0 Å². The minimum absolute atomic E-state index is 0.0254. The number of carboxylic acid groups (broad SMARTS) is 1. The van der Waals surface area contributed by atoms with E-state index in [1.807, 2.05) is 13.8 Å². The topological polar surface area (TPSA) is 97.1 Å². The molecule has 1 fully saturated rings. The van der Waals surface area contributed by atoms with Crippen LogP contribution in [0.25, 0.3) is 10.3 Å². The van der Waals surface area contributed by atoms with Crippen LogP contribution >= 0.6 is 11.3 Å². The summed E-state index contributed by atoms with van der Waals surface area (Å²) >= 11 is 1.19. The molecule has 1 amide bonds. The molecule has 0 bridgehead atoms. The van der Waals surface area contributed by atoms with Crippen molar-refractivity contribution >= 4 is 38.7 Å². The van der Waals surface area contributed by atoms with E-state index in [2.05, 4.69) is 15.4 Å². The highest BCUT2D eigenvalue weighted by molar-refractivity contribution is 7.22. The van der Waals surface area contributed by atoms with Crippen molar-refractivity contribution in [2.45, 2.75) is 58.4 Å². The van der Waals surface area contributed by atoms with E-state index in [-0.39, 0.29) is 23.6 Å². The van der Waals surface area contributed by atoms with Crippen molar-refractivity contribution < 1.29 is 14.7 Å². The Hall–Kier alpha value is -1.96. The van der Waals surface area contributed by atoms with Crippen LogP contribution in [0.1, 0.15) is 68.9 Å². The number of hydrogen-bond donors (Lipinski definition) is 2. The first-order chi connectivity index (χ1) is 11.5. The van der Waals surface area contributed by atoms with Crippen molar-refractivity contribution in [3.05, 3.63) is 5.69 Å². The number of aromatic carboxylic acids is 1. The molecule has 0 unspecified atom stereocenters. The lowest BCUT2D eigenvalue weighted by Crippen LogP contribution is -2.16. The molecule has 130 valence electrons. The Morgan fingerprint density at radius 3 is 2.67 bits per heavy atom. The summed E-state index contributed by atoms with van der Waals surface area (Å²) in [4.78, 5) is 27.9. The van der Waals surface area contributed by atoms with Crippen LogP contribution in [0.3, 0.4) is 0 Å². The number of nitrogens with one attached hydrogen (secondary N) is 1. The maximum atomic E-state index is 11.9. The monoisotopic (exact) mass is 350 g/mol. The van der Waals surface area contributed by atoms with Gasteiger partial charge in [0.05, 0.1) is 6.04 Å². The Balaban J connectivity index is 1.94. The molecule has 2 N–H and O–H groups in total. The van der Waals surface area contributed by atoms with Gasteiger partial charge in [0.1, 0.15) is 4.70 Å². The fourth-order valence-corrected chi connectivity index (χ4v) is 4.08. The van der Waals surface area contributed by atoms with Gasteiger partial charge >= 0.3 is 5.97 Å². The summed E-state index contributed by atoms with van der Waals surface area (Å²) in [6.07, 6.45) is 5.84. The lowest BCUT2D eigenvalue weighted by atomic mass is 9.96. The van der Waals surface area contributed by atoms with Crippen LogP contribution in [0, 0.1) is 5.92 Å². The molecule has 3 rings (SSSR count). The molecule has 1 aliphatic rings. The Labute approximate surface area is 144 Å². The molecule has 0 saturated heterocycles. The maximum Gasteiger partial charge on any atom is 0.357 e. The molecule has 1 saturated carbocycles. The van der Waals surface area contributed by atoms with Gasteiger partial charge in [-0.2, -0.15) is 10.1 Å². The van der Waals surface area contributed by atoms with Crippen LogP contribution < -0.4 is 5.32 Å². The Kier molecular flexibility index (Phi) is 4.84. The van der Waals surface area contributed by atoms with Gasteiger partial charge in [-0.15, -0.1) is 0 Å². The first kappa shape index (κ1) is 16.9. The van der Waals surface area contributed by atoms with E-state index >= 15 is 0 Å². The number of fused-ring (bicyclic) bond motifs is 1. The summed E-state index contributed by atoms with van der Waals surface area (Å²) in [5.74, 6) is -0.902. The summed E-state index contributed by atoms with van der Waals surface area (Å²) in [7, 11) is 0. The number of amides is 1. The van der Waals surface area contributed by atoms with Gasteiger partial charge in [-0.25, -0.2) is 9.48 Å². The van der Waals surface area contributed by atoms with Crippen LogP contribution in [-0.2, 0) is 4.79 Å². The van der Waals surface area contributed by atoms with Gasteiger partial charge in [-0.3, -0.25) is 4.79 Å². The number of nitrogens with zero attached hydrogens (tertiary/aromatic N) is 3. The molecule has 0 aromatic carbocycles. The van der Waals surface area contributed by atoms with Crippen LogP contribution in [-0.4, -0.2) is 31.7 Å². The Morgan fingerprint density at radius 2 is 2.04 bits per heavy atom. The summed E-state index contributed by atoms with van der Waals surface area (Å²) in [5, 5.41) is 16.9. The number of carbonyl (C=O) groups is 2. The van der Waals surface area contributed by atoms with Crippen LogP contribution in [0.5, 0.6) is 0 Å². The highest BCUT2D eigenvalue weighted by atomic mass is 32.1. The highest BCUT2D eigenvalue weighted by Crippen LogP contribution is 2.35. The summed E-state index contributed by atoms with van der Waals surface area (Å²) < 4.78 is 2.29. The van der Waals surface area contributed by atoms with Gasteiger partial charge in [-0.05, 0) is 18.8 Å². The zero-order valence-electron chi connectivity index (χ0n) is 13.9. The van der Waals surface area contributed by atoms with E-state index in [9.17, 15) is 14.7 Å². The minimum Gasteiger partial charge on any atom is -0.476 e. The molecule has 2 aromatic rings. The Morgan fingerprint density at radius 1 is 1.33 bits per heavy atom.